The van der Waals surface area contributed by atoms with Crippen molar-refractivity contribution in [1.82, 2.24) is 0 Å². The van der Waals surface area contributed by atoms with E-state index in [4.69, 9.17) is 9.47 Å². The van der Waals surface area contributed by atoms with Gasteiger partial charge in [-0.15, -0.1) is 0 Å². The quantitative estimate of drug-likeness (QED) is 0.671. The molecule has 0 N–H and O–H groups in total. The summed E-state index contributed by atoms with van der Waals surface area (Å²) < 4.78 is 11.7. The molecule has 3 nitrogen and oxygen atoms in total. The molecule has 100 valence electrons. The molecule has 3 aliphatic rings. The van der Waals surface area contributed by atoms with Gasteiger partial charge in [0, 0.05) is 18.8 Å². The summed E-state index contributed by atoms with van der Waals surface area (Å²) in [6, 6.07) is 0. The van der Waals surface area contributed by atoms with Crippen LogP contribution < -0.4 is 0 Å². The lowest BCUT2D eigenvalue weighted by Gasteiger charge is -2.47. The number of Topliss-reactive ketones (excluding diaryl/α,β-unsaturated/α-hetero) is 1. The molecule has 2 saturated carbocycles. The third-order valence-electron chi connectivity index (χ3n) is 5.05. The maximum Gasteiger partial charge on any atom is 0.168 e. The third kappa shape index (κ3) is 1.94. The molecular weight excluding hydrogens is 228 g/mol. The summed E-state index contributed by atoms with van der Waals surface area (Å²) in [5.41, 5.74) is 1.34. The van der Waals surface area contributed by atoms with Crippen molar-refractivity contribution in [3.05, 3.63) is 12.2 Å². The molecule has 0 aromatic heterocycles. The van der Waals surface area contributed by atoms with Gasteiger partial charge in [0.15, 0.2) is 5.79 Å². The summed E-state index contributed by atoms with van der Waals surface area (Å²) in [4.78, 5) is 11.9. The molecule has 3 atom stereocenters. The number of ketones is 1. The zero-order chi connectivity index (χ0) is 12.8. The highest BCUT2D eigenvalue weighted by Crippen LogP contribution is 2.51. The summed E-state index contributed by atoms with van der Waals surface area (Å²) in [6.45, 7) is 7.34. The average Bonchev–Trinajstić information content (AvgIpc) is 2.77. The fraction of sp³-hybridized carbons (Fsp3) is 0.800. The first-order chi connectivity index (χ1) is 8.61. The highest BCUT2D eigenvalue weighted by molar-refractivity contribution is 5.79. The average molecular weight is 250 g/mol. The normalized spacial score (nSPS) is 38.7. The second-order valence-electron chi connectivity index (χ2n) is 6.03. The topological polar surface area (TPSA) is 35.5 Å². The van der Waals surface area contributed by atoms with E-state index in [1.807, 2.05) is 0 Å². The van der Waals surface area contributed by atoms with Gasteiger partial charge in [-0.05, 0) is 38.0 Å². The van der Waals surface area contributed by atoms with Crippen molar-refractivity contribution >= 4 is 5.78 Å². The smallest absolute Gasteiger partial charge is 0.168 e. The zero-order valence-electron chi connectivity index (χ0n) is 11.1. The first-order valence-corrected chi connectivity index (χ1v) is 7.07. The molecule has 3 heteroatoms. The van der Waals surface area contributed by atoms with Crippen molar-refractivity contribution in [2.24, 2.45) is 17.8 Å². The van der Waals surface area contributed by atoms with Gasteiger partial charge in [0.2, 0.25) is 0 Å². The maximum absolute atomic E-state index is 11.9. The van der Waals surface area contributed by atoms with E-state index >= 15 is 0 Å². The summed E-state index contributed by atoms with van der Waals surface area (Å²) in [5, 5.41) is 0. The van der Waals surface area contributed by atoms with Crippen LogP contribution >= 0.6 is 0 Å². The van der Waals surface area contributed by atoms with Gasteiger partial charge in [0.05, 0.1) is 13.2 Å². The Morgan fingerprint density at radius 3 is 2.72 bits per heavy atom. The number of hydrogen-bond acceptors (Lipinski definition) is 3. The van der Waals surface area contributed by atoms with Crippen LogP contribution in [0.15, 0.2) is 12.2 Å². The van der Waals surface area contributed by atoms with Gasteiger partial charge >= 0.3 is 0 Å². The molecule has 3 fully saturated rings. The van der Waals surface area contributed by atoms with Gasteiger partial charge in [-0.3, -0.25) is 4.79 Å². The number of carbonyl (C=O) groups is 1. The minimum absolute atomic E-state index is 0.186. The van der Waals surface area contributed by atoms with Gasteiger partial charge < -0.3 is 9.47 Å². The van der Waals surface area contributed by atoms with Crippen LogP contribution in [0.25, 0.3) is 0 Å². The van der Waals surface area contributed by atoms with Gasteiger partial charge in [-0.1, -0.05) is 12.2 Å². The van der Waals surface area contributed by atoms with Crippen LogP contribution in [-0.2, 0) is 14.3 Å². The Morgan fingerprint density at radius 2 is 2.06 bits per heavy atom. The molecule has 3 rings (SSSR count). The SMILES string of the molecule is C=C1CC[C@H](C(C)=O)[C@H]2CC3(CC[C@H]12)OCCO3. The van der Waals surface area contributed by atoms with Crippen molar-refractivity contribution in [2.75, 3.05) is 13.2 Å². The van der Waals surface area contributed by atoms with Crippen LogP contribution in [0.5, 0.6) is 0 Å². The van der Waals surface area contributed by atoms with Gasteiger partial charge in [-0.2, -0.15) is 0 Å². The van der Waals surface area contributed by atoms with Gasteiger partial charge in [-0.25, -0.2) is 0 Å². The van der Waals surface area contributed by atoms with Crippen molar-refractivity contribution in [3.8, 4) is 0 Å². The van der Waals surface area contributed by atoms with Crippen molar-refractivity contribution < 1.29 is 14.3 Å². The van der Waals surface area contributed by atoms with Crippen LogP contribution in [0.4, 0.5) is 0 Å². The predicted octanol–water partition coefficient (Wildman–Crippen LogP) is 2.70. The molecule has 0 aromatic carbocycles. The van der Waals surface area contributed by atoms with E-state index in [1.165, 1.54) is 5.57 Å². The second kappa shape index (κ2) is 4.46. The van der Waals surface area contributed by atoms with Crippen LogP contribution in [0.1, 0.15) is 39.0 Å². The fourth-order valence-electron chi connectivity index (χ4n) is 4.13. The largest absolute Gasteiger partial charge is 0.348 e. The Morgan fingerprint density at radius 1 is 1.33 bits per heavy atom. The molecule has 0 radical (unpaired) electrons. The highest BCUT2D eigenvalue weighted by atomic mass is 16.7. The van der Waals surface area contributed by atoms with Crippen molar-refractivity contribution in [1.29, 1.82) is 0 Å². The number of ether oxygens (including phenoxy) is 2. The van der Waals surface area contributed by atoms with Crippen LogP contribution in [0, 0.1) is 17.8 Å². The fourth-order valence-corrected chi connectivity index (χ4v) is 4.13. The van der Waals surface area contributed by atoms with E-state index in [1.54, 1.807) is 6.92 Å². The van der Waals surface area contributed by atoms with E-state index in [-0.39, 0.29) is 11.7 Å². The van der Waals surface area contributed by atoms with Crippen molar-refractivity contribution in [3.63, 3.8) is 0 Å². The molecule has 1 spiro atoms. The molecule has 1 heterocycles. The zero-order valence-corrected chi connectivity index (χ0v) is 11.1. The number of hydrogen-bond donors (Lipinski definition) is 0. The standard InChI is InChI=1S/C15H22O3/c1-10-3-4-13(11(2)16)14-9-15(6-5-12(10)14)17-7-8-18-15/h12-14H,1,3-9H2,2H3/t12-,13-,14+/m1/s1. The Balaban J connectivity index is 1.83. The second-order valence-corrected chi connectivity index (χ2v) is 6.03. The molecular formula is C15H22O3. The van der Waals surface area contributed by atoms with Gasteiger partial charge in [0.1, 0.15) is 5.78 Å². The van der Waals surface area contributed by atoms with E-state index in [0.29, 0.717) is 30.8 Å². The predicted molar refractivity (Wildman–Crippen MR) is 68.0 cm³/mol. The summed E-state index contributed by atoms with van der Waals surface area (Å²) >= 11 is 0. The minimum Gasteiger partial charge on any atom is -0.348 e. The van der Waals surface area contributed by atoms with Gasteiger partial charge in [0.25, 0.3) is 0 Å². The summed E-state index contributed by atoms with van der Waals surface area (Å²) in [6.07, 6.45) is 4.87. The number of fused-ring (bicyclic) bond motifs is 1. The lowest BCUT2D eigenvalue weighted by Crippen LogP contribution is -2.46. The first kappa shape index (κ1) is 12.4. The highest BCUT2D eigenvalue weighted by Gasteiger charge is 2.49. The van der Waals surface area contributed by atoms with E-state index in [2.05, 4.69) is 6.58 Å². The molecule has 0 aromatic rings. The van der Waals surface area contributed by atoms with E-state index in [9.17, 15) is 4.79 Å². The van der Waals surface area contributed by atoms with Crippen molar-refractivity contribution in [2.45, 2.75) is 44.8 Å². The lowest BCUT2D eigenvalue weighted by molar-refractivity contribution is -0.199. The number of allylic oxidation sites excluding steroid dienone is 1. The van der Waals surface area contributed by atoms with Crippen LogP contribution in [0.2, 0.25) is 0 Å². The monoisotopic (exact) mass is 250 g/mol. The lowest BCUT2D eigenvalue weighted by atomic mass is 9.61. The summed E-state index contributed by atoms with van der Waals surface area (Å²) in [7, 11) is 0. The Hall–Kier alpha value is -0.670. The Labute approximate surface area is 109 Å². The summed E-state index contributed by atoms with van der Waals surface area (Å²) in [5.74, 6) is 1.02. The minimum atomic E-state index is -0.382. The molecule has 0 bridgehead atoms. The van der Waals surface area contributed by atoms with E-state index in [0.717, 1.165) is 32.1 Å². The first-order valence-electron chi connectivity index (χ1n) is 7.07. The molecule has 18 heavy (non-hydrogen) atoms. The number of rotatable bonds is 1. The molecule has 0 unspecified atom stereocenters. The molecule has 0 amide bonds. The third-order valence-corrected chi connectivity index (χ3v) is 5.05. The van der Waals surface area contributed by atoms with Crippen LogP contribution in [0.3, 0.4) is 0 Å². The molecule has 2 aliphatic carbocycles. The Bertz CT molecular complexity index is 366. The van der Waals surface area contributed by atoms with Crippen LogP contribution in [-0.4, -0.2) is 24.8 Å². The maximum atomic E-state index is 11.9. The Kier molecular flexibility index (Phi) is 3.07. The molecule has 1 saturated heterocycles. The van der Waals surface area contributed by atoms with E-state index < -0.39 is 0 Å². The molecule has 1 aliphatic heterocycles. The number of carbonyl (C=O) groups excluding carboxylic acids is 1.